The molecule has 0 saturated heterocycles. The van der Waals surface area contributed by atoms with Gasteiger partial charge < -0.3 is 4.42 Å². The van der Waals surface area contributed by atoms with Crippen LogP contribution in [0.1, 0.15) is 43.8 Å². The highest BCUT2D eigenvalue weighted by molar-refractivity contribution is 6.21. The van der Waals surface area contributed by atoms with Crippen molar-refractivity contribution < 1.29 is 14.0 Å². The lowest BCUT2D eigenvalue weighted by Crippen LogP contribution is -2.29. The molecule has 1 aliphatic heterocycles. The molecule has 0 unspecified atom stereocenters. The highest BCUT2D eigenvalue weighted by Gasteiger charge is 2.35. The number of benzene rings is 2. The minimum atomic E-state index is -0.470. The summed E-state index contributed by atoms with van der Waals surface area (Å²) in [6, 6.07) is 12.1. The maximum Gasteiger partial charge on any atom is 0.336 e. The second-order valence-electron chi connectivity index (χ2n) is 6.80. The van der Waals surface area contributed by atoms with Gasteiger partial charge in [0.1, 0.15) is 5.58 Å². The van der Waals surface area contributed by atoms with E-state index in [-0.39, 0.29) is 18.4 Å². The Morgan fingerprint density at radius 1 is 0.885 bits per heavy atom. The van der Waals surface area contributed by atoms with Crippen LogP contribution in [0, 0.1) is 0 Å². The first-order valence-corrected chi connectivity index (χ1v) is 8.65. The van der Waals surface area contributed by atoms with Crippen molar-refractivity contribution in [2.45, 2.75) is 25.8 Å². The predicted octanol–water partition coefficient (Wildman–Crippen LogP) is 3.08. The number of carbonyl (C=O) groups excluding carboxylic acids is 2. The minimum absolute atomic E-state index is 0.0627. The third-order valence-electron chi connectivity index (χ3n) is 5.25. The summed E-state index contributed by atoms with van der Waals surface area (Å²) in [4.78, 5) is 38.5. The van der Waals surface area contributed by atoms with Gasteiger partial charge in [-0.25, -0.2) is 4.79 Å². The molecule has 2 heterocycles. The average molecular weight is 345 g/mol. The summed E-state index contributed by atoms with van der Waals surface area (Å²) in [5.41, 5.74) is 3.96. The van der Waals surface area contributed by atoms with E-state index < -0.39 is 5.63 Å². The Bertz CT molecular complexity index is 1120. The third-order valence-corrected chi connectivity index (χ3v) is 5.25. The van der Waals surface area contributed by atoms with Crippen LogP contribution in [0.5, 0.6) is 0 Å². The first-order chi connectivity index (χ1) is 12.6. The summed E-state index contributed by atoms with van der Waals surface area (Å²) >= 11 is 0. The Hall–Kier alpha value is -3.21. The lowest BCUT2D eigenvalue weighted by Gasteiger charge is -2.15. The highest BCUT2D eigenvalue weighted by Crippen LogP contribution is 2.30. The van der Waals surface area contributed by atoms with Gasteiger partial charge >= 0.3 is 5.63 Å². The van der Waals surface area contributed by atoms with Crippen LogP contribution in [-0.2, 0) is 19.4 Å². The second kappa shape index (κ2) is 5.39. The van der Waals surface area contributed by atoms with E-state index in [0.29, 0.717) is 22.3 Å². The van der Waals surface area contributed by atoms with E-state index in [1.165, 1.54) is 22.1 Å². The van der Waals surface area contributed by atoms with E-state index >= 15 is 0 Å². The molecule has 2 aliphatic rings. The molecular weight excluding hydrogens is 330 g/mol. The number of hydrogen-bond donors (Lipinski definition) is 0. The molecule has 1 aliphatic carbocycles. The highest BCUT2D eigenvalue weighted by atomic mass is 16.4. The summed E-state index contributed by atoms with van der Waals surface area (Å²) in [7, 11) is 0. The van der Waals surface area contributed by atoms with Gasteiger partial charge in [-0.2, -0.15) is 0 Å². The first-order valence-electron chi connectivity index (χ1n) is 8.65. The Balaban J connectivity index is 1.61. The largest absolute Gasteiger partial charge is 0.423 e. The second-order valence-corrected chi connectivity index (χ2v) is 6.80. The van der Waals surface area contributed by atoms with Gasteiger partial charge in [-0.1, -0.05) is 12.1 Å². The summed E-state index contributed by atoms with van der Waals surface area (Å²) in [5.74, 6) is -0.652. The number of rotatable bonds is 2. The lowest BCUT2D eigenvalue weighted by atomic mass is 10.0. The van der Waals surface area contributed by atoms with Gasteiger partial charge in [0.2, 0.25) is 0 Å². The number of imide groups is 1. The monoisotopic (exact) mass is 345 g/mol. The number of nitrogens with zero attached hydrogens (tertiary/aromatic N) is 1. The Kier molecular flexibility index (Phi) is 3.13. The molecule has 0 N–H and O–H groups in total. The fourth-order valence-electron chi connectivity index (χ4n) is 3.98. The van der Waals surface area contributed by atoms with Crippen molar-refractivity contribution in [3.05, 3.63) is 80.7 Å². The molecule has 2 amide bonds. The summed E-state index contributed by atoms with van der Waals surface area (Å²) < 4.78 is 5.36. The van der Waals surface area contributed by atoms with E-state index in [2.05, 4.69) is 0 Å². The van der Waals surface area contributed by atoms with Crippen molar-refractivity contribution >= 4 is 22.8 Å². The van der Waals surface area contributed by atoms with Gasteiger partial charge in [0, 0.05) is 11.5 Å². The van der Waals surface area contributed by atoms with Gasteiger partial charge in [-0.05, 0) is 60.2 Å². The molecule has 0 fully saturated rings. The van der Waals surface area contributed by atoms with E-state index in [4.69, 9.17) is 4.42 Å². The molecule has 128 valence electrons. The molecule has 5 nitrogen and oxygen atoms in total. The van der Waals surface area contributed by atoms with Crippen molar-refractivity contribution in [3.8, 4) is 0 Å². The van der Waals surface area contributed by atoms with Gasteiger partial charge in [0.05, 0.1) is 17.7 Å². The van der Waals surface area contributed by atoms with Gasteiger partial charge in [-0.15, -0.1) is 0 Å². The minimum Gasteiger partial charge on any atom is -0.423 e. The van der Waals surface area contributed by atoms with Crippen molar-refractivity contribution in [1.29, 1.82) is 0 Å². The van der Waals surface area contributed by atoms with Crippen LogP contribution in [-0.4, -0.2) is 16.7 Å². The molecule has 5 heteroatoms. The normalized spacial score (nSPS) is 15.6. The molecular formula is C21H15NO4. The van der Waals surface area contributed by atoms with Crippen molar-refractivity contribution in [3.63, 3.8) is 0 Å². The van der Waals surface area contributed by atoms with Gasteiger partial charge in [-0.3, -0.25) is 14.5 Å². The Labute approximate surface area is 148 Å². The maximum atomic E-state index is 12.6. The van der Waals surface area contributed by atoms with Crippen molar-refractivity contribution in [2.75, 3.05) is 0 Å². The zero-order valence-corrected chi connectivity index (χ0v) is 14.0. The van der Waals surface area contributed by atoms with Crippen LogP contribution < -0.4 is 5.63 Å². The smallest absolute Gasteiger partial charge is 0.336 e. The average Bonchev–Trinajstić information content (AvgIpc) is 3.18. The van der Waals surface area contributed by atoms with Crippen LogP contribution in [0.3, 0.4) is 0 Å². The molecule has 0 bridgehead atoms. The molecule has 0 spiro atoms. The van der Waals surface area contributed by atoms with E-state index in [0.717, 1.165) is 24.6 Å². The third kappa shape index (κ3) is 2.13. The van der Waals surface area contributed by atoms with Crippen LogP contribution in [0.2, 0.25) is 0 Å². The molecule has 3 aromatic rings. The summed E-state index contributed by atoms with van der Waals surface area (Å²) in [5, 5.41) is 0.793. The maximum absolute atomic E-state index is 12.6. The predicted molar refractivity (Wildman–Crippen MR) is 95.2 cm³/mol. The van der Waals surface area contributed by atoms with E-state index in [9.17, 15) is 14.4 Å². The van der Waals surface area contributed by atoms with Crippen LogP contribution in [0.25, 0.3) is 11.0 Å². The standard InChI is InChI=1S/C21H15NO4/c23-19-10-14(17-8-12-4-3-5-13(12)9-18(17)26-19)11-22-20(24)15-6-1-2-7-16(15)21(22)25/h1-2,6-10H,3-5,11H2. The zero-order valence-electron chi connectivity index (χ0n) is 14.0. The number of fused-ring (bicyclic) bond motifs is 3. The topological polar surface area (TPSA) is 67.6 Å². The molecule has 0 saturated carbocycles. The molecule has 0 radical (unpaired) electrons. The van der Waals surface area contributed by atoms with Crippen LogP contribution in [0.4, 0.5) is 0 Å². The quantitative estimate of drug-likeness (QED) is 0.529. The van der Waals surface area contributed by atoms with Crippen molar-refractivity contribution in [1.82, 2.24) is 4.90 Å². The fraction of sp³-hybridized carbons (Fsp3) is 0.190. The number of carbonyl (C=O) groups is 2. The lowest BCUT2D eigenvalue weighted by molar-refractivity contribution is 0.0642. The summed E-state index contributed by atoms with van der Waals surface area (Å²) in [6.45, 7) is 0.0627. The molecule has 26 heavy (non-hydrogen) atoms. The molecule has 1 aromatic heterocycles. The summed E-state index contributed by atoms with van der Waals surface area (Å²) in [6.07, 6.45) is 3.07. The van der Waals surface area contributed by atoms with Crippen molar-refractivity contribution in [2.24, 2.45) is 0 Å². The SMILES string of the molecule is O=C1c2ccccc2C(=O)N1Cc1cc(=O)oc2cc3c(cc12)CCC3. The van der Waals surface area contributed by atoms with E-state index in [1.807, 2.05) is 12.1 Å². The molecule has 0 atom stereocenters. The zero-order chi connectivity index (χ0) is 17.8. The van der Waals surface area contributed by atoms with Crippen LogP contribution in [0.15, 0.2) is 51.7 Å². The Morgan fingerprint density at radius 3 is 2.23 bits per heavy atom. The van der Waals surface area contributed by atoms with Gasteiger partial charge in [0.25, 0.3) is 11.8 Å². The molecule has 2 aromatic carbocycles. The number of aryl methyl sites for hydroxylation is 2. The van der Waals surface area contributed by atoms with Crippen LogP contribution >= 0.6 is 0 Å². The Morgan fingerprint density at radius 2 is 1.54 bits per heavy atom. The van der Waals surface area contributed by atoms with Gasteiger partial charge in [0.15, 0.2) is 0 Å². The molecule has 5 rings (SSSR count). The number of hydrogen-bond acceptors (Lipinski definition) is 4. The fourth-order valence-corrected chi connectivity index (χ4v) is 3.98. The number of amides is 2. The van der Waals surface area contributed by atoms with E-state index in [1.54, 1.807) is 24.3 Å². The first kappa shape index (κ1) is 15.1.